The van der Waals surface area contributed by atoms with Gasteiger partial charge in [0.2, 0.25) is 5.91 Å². The van der Waals surface area contributed by atoms with Crippen molar-refractivity contribution in [3.8, 4) is 0 Å². The van der Waals surface area contributed by atoms with Crippen molar-refractivity contribution in [2.75, 3.05) is 45.2 Å². The van der Waals surface area contributed by atoms with Gasteiger partial charge < -0.3 is 15.4 Å². The molecule has 1 aromatic carbocycles. The minimum absolute atomic E-state index is 0. The number of halogens is 2. The molecule has 1 saturated heterocycles. The number of rotatable bonds is 7. The third-order valence-electron chi connectivity index (χ3n) is 3.62. The number of anilines is 1. The van der Waals surface area contributed by atoms with E-state index in [4.69, 9.17) is 4.74 Å². The van der Waals surface area contributed by atoms with Crippen LogP contribution in [0.4, 0.5) is 5.69 Å². The molecule has 2 rings (SSSR count). The summed E-state index contributed by atoms with van der Waals surface area (Å²) in [6.45, 7) is 5.20. The van der Waals surface area contributed by atoms with Crippen molar-refractivity contribution in [3.05, 3.63) is 29.8 Å². The number of carbonyl (C=O) groups is 1. The van der Waals surface area contributed by atoms with Crippen molar-refractivity contribution in [1.29, 1.82) is 0 Å². The van der Waals surface area contributed by atoms with Gasteiger partial charge in [-0.1, -0.05) is 18.2 Å². The fourth-order valence-electron chi connectivity index (χ4n) is 2.42. The van der Waals surface area contributed by atoms with Gasteiger partial charge in [-0.3, -0.25) is 9.69 Å². The Kier molecular flexibility index (Phi) is 12.1. The maximum absolute atomic E-state index is 12.0. The predicted octanol–water partition coefficient (Wildman–Crippen LogP) is 2.30. The average molecular weight is 364 g/mol. The van der Waals surface area contributed by atoms with E-state index in [9.17, 15) is 4.79 Å². The lowest BCUT2D eigenvalue weighted by molar-refractivity contribution is -0.116. The zero-order chi connectivity index (χ0) is 14.9. The minimum Gasteiger partial charge on any atom is -0.379 e. The lowest BCUT2D eigenvalue weighted by Crippen LogP contribution is -2.35. The predicted molar refractivity (Wildman–Crippen MR) is 98.8 cm³/mol. The molecule has 1 fully saturated rings. The summed E-state index contributed by atoms with van der Waals surface area (Å²) < 4.78 is 5.37. The van der Waals surface area contributed by atoms with E-state index < -0.39 is 0 Å². The van der Waals surface area contributed by atoms with Crippen LogP contribution in [0.25, 0.3) is 0 Å². The molecule has 0 atom stereocenters. The molecule has 1 aromatic rings. The first-order chi connectivity index (χ1) is 10.3. The summed E-state index contributed by atoms with van der Waals surface area (Å²) in [6.07, 6.45) is 1.40. The van der Waals surface area contributed by atoms with Crippen LogP contribution in [0.1, 0.15) is 18.4 Å². The summed E-state index contributed by atoms with van der Waals surface area (Å²) in [5.74, 6) is 0.0830. The Bertz CT molecular complexity index is 455. The summed E-state index contributed by atoms with van der Waals surface area (Å²) in [4.78, 5) is 14.3. The van der Waals surface area contributed by atoms with E-state index in [2.05, 4.69) is 21.6 Å². The number of hydrogen-bond acceptors (Lipinski definition) is 4. The molecule has 23 heavy (non-hydrogen) atoms. The van der Waals surface area contributed by atoms with E-state index in [1.807, 2.05) is 25.2 Å². The highest BCUT2D eigenvalue weighted by atomic mass is 35.5. The molecule has 1 aliphatic heterocycles. The molecule has 0 spiro atoms. The Hall–Kier alpha value is -0.850. The summed E-state index contributed by atoms with van der Waals surface area (Å²) >= 11 is 0. The van der Waals surface area contributed by atoms with Gasteiger partial charge in [-0.15, -0.1) is 24.8 Å². The molecule has 0 radical (unpaired) electrons. The molecule has 0 aromatic heterocycles. The SMILES string of the molecule is CNCCCC(=O)Nc1ccccc1CN1CCOCC1.Cl.Cl. The summed E-state index contributed by atoms with van der Waals surface area (Å²) in [5.41, 5.74) is 2.10. The average Bonchev–Trinajstić information content (AvgIpc) is 2.51. The Labute approximate surface area is 151 Å². The largest absolute Gasteiger partial charge is 0.379 e. The third-order valence-corrected chi connectivity index (χ3v) is 3.62. The molecule has 0 bridgehead atoms. The van der Waals surface area contributed by atoms with Gasteiger partial charge in [-0.25, -0.2) is 0 Å². The van der Waals surface area contributed by atoms with E-state index in [0.717, 1.165) is 51.5 Å². The molecule has 0 saturated carbocycles. The van der Waals surface area contributed by atoms with E-state index in [1.165, 1.54) is 5.56 Å². The van der Waals surface area contributed by atoms with Crippen LogP contribution in [-0.2, 0) is 16.1 Å². The summed E-state index contributed by atoms with van der Waals surface area (Å²) in [7, 11) is 1.90. The van der Waals surface area contributed by atoms with Crippen LogP contribution in [0.15, 0.2) is 24.3 Å². The molecule has 1 aliphatic rings. The van der Waals surface area contributed by atoms with Crippen molar-refractivity contribution in [2.45, 2.75) is 19.4 Å². The summed E-state index contributed by atoms with van der Waals surface area (Å²) in [5, 5.41) is 6.09. The molecule has 0 aliphatic carbocycles. The van der Waals surface area contributed by atoms with Crippen LogP contribution in [-0.4, -0.2) is 50.7 Å². The van der Waals surface area contributed by atoms with E-state index in [1.54, 1.807) is 0 Å². The topological polar surface area (TPSA) is 53.6 Å². The number of nitrogens with one attached hydrogen (secondary N) is 2. The monoisotopic (exact) mass is 363 g/mol. The number of hydrogen-bond donors (Lipinski definition) is 2. The molecule has 0 unspecified atom stereocenters. The number of nitrogens with zero attached hydrogens (tertiary/aromatic N) is 1. The number of morpholine rings is 1. The standard InChI is InChI=1S/C16H25N3O2.2ClH/c1-17-8-4-7-16(20)18-15-6-3-2-5-14(15)13-19-9-11-21-12-10-19;;/h2-3,5-6,17H,4,7-13H2,1H3,(H,18,20);2*1H. The first kappa shape index (κ1) is 22.1. The number of benzene rings is 1. The zero-order valence-corrected chi connectivity index (χ0v) is 15.2. The van der Waals surface area contributed by atoms with Crippen molar-refractivity contribution < 1.29 is 9.53 Å². The van der Waals surface area contributed by atoms with Crippen LogP contribution in [0.5, 0.6) is 0 Å². The number of para-hydroxylation sites is 1. The van der Waals surface area contributed by atoms with Gasteiger partial charge in [-0.05, 0) is 31.6 Å². The Morgan fingerprint density at radius 2 is 1.91 bits per heavy atom. The van der Waals surface area contributed by atoms with Gasteiger partial charge in [0, 0.05) is 31.7 Å². The molecular weight excluding hydrogens is 337 g/mol. The van der Waals surface area contributed by atoms with Crippen LogP contribution in [0.3, 0.4) is 0 Å². The third kappa shape index (κ3) is 7.99. The zero-order valence-electron chi connectivity index (χ0n) is 13.5. The molecule has 132 valence electrons. The Morgan fingerprint density at radius 3 is 2.61 bits per heavy atom. The lowest BCUT2D eigenvalue weighted by Gasteiger charge is -2.27. The second-order valence-corrected chi connectivity index (χ2v) is 5.30. The lowest BCUT2D eigenvalue weighted by atomic mass is 10.1. The first-order valence-corrected chi connectivity index (χ1v) is 7.62. The molecule has 1 heterocycles. The van der Waals surface area contributed by atoms with Crippen LogP contribution < -0.4 is 10.6 Å². The van der Waals surface area contributed by atoms with Crippen molar-refractivity contribution >= 4 is 36.4 Å². The minimum atomic E-state index is 0. The van der Waals surface area contributed by atoms with Gasteiger partial charge in [0.15, 0.2) is 0 Å². The van der Waals surface area contributed by atoms with Gasteiger partial charge >= 0.3 is 0 Å². The smallest absolute Gasteiger partial charge is 0.224 e. The van der Waals surface area contributed by atoms with Crippen molar-refractivity contribution in [3.63, 3.8) is 0 Å². The van der Waals surface area contributed by atoms with Crippen LogP contribution in [0, 0.1) is 0 Å². The normalized spacial score (nSPS) is 14.5. The van der Waals surface area contributed by atoms with Gasteiger partial charge in [-0.2, -0.15) is 0 Å². The fraction of sp³-hybridized carbons (Fsp3) is 0.562. The Balaban J connectivity index is 0.00000242. The second-order valence-electron chi connectivity index (χ2n) is 5.30. The number of ether oxygens (including phenoxy) is 1. The highest BCUT2D eigenvalue weighted by Crippen LogP contribution is 2.18. The van der Waals surface area contributed by atoms with E-state index in [0.29, 0.717) is 6.42 Å². The molecule has 2 N–H and O–H groups in total. The molecule has 7 heteroatoms. The highest BCUT2D eigenvalue weighted by molar-refractivity contribution is 5.91. The van der Waals surface area contributed by atoms with Gasteiger partial charge in [0.25, 0.3) is 0 Å². The van der Waals surface area contributed by atoms with E-state index in [-0.39, 0.29) is 30.7 Å². The summed E-state index contributed by atoms with van der Waals surface area (Å²) in [6, 6.07) is 8.04. The van der Waals surface area contributed by atoms with Crippen LogP contribution in [0.2, 0.25) is 0 Å². The number of amides is 1. The highest BCUT2D eigenvalue weighted by Gasteiger charge is 2.13. The first-order valence-electron chi connectivity index (χ1n) is 7.62. The number of carbonyl (C=O) groups excluding carboxylic acids is 1. The second kappa shape index (κ2) is 12.6. The molecule has 5 nitrogen and oxygen atoms in total. The van der Waals surface area contributed by atoms with Crippen LogP contribution >= 0.6 is 24.8 Å². The fourth-order valence-corrected chi connectivity index (χ4v) is 2.42. The maximum Gasteiger partial charge on any atom is 0.224 e. The van der Waals surface area contributed by atoms with Gasteiger partial charge in [0.1, 0.15) is 0 Å². The van der Waals surface area contributed by atoms with Gasteiger partial charge in [0.05, 0.1) is 13.2 Å². The Morgan fingerprint density at radius 1 is 1.22 bits per heavy atom. The quantitative estimate of drug-likeness (QED) is 0.729. The molecule has 1 amide bonds. The van der Waals surface area contributed by atoms with E-state index >= 15 is 0 Å². The van der Waals surface area contributed by atoms with Crippen molar-refractivity contribution in [1.82, 2.24) is 10.2 Å². The maximum atomic E-state index is 12.0. The van der Waals surface area contributed by atoms with Crippen molar-refractivity contribution in [2.24, 2.45) is 0 Å². The molecular formula is C16H27Cl2N3O2.